The average molecular weight is 455 g/mol. The molecule has 11 heteroatoms. The molecule has 30 heavy (non-hydrogen) atoms. The first-order valence-electron chi connectivity index (χ1n) is 8.78. The van der Waals surface area contributed by atoms with Crippen LogP contribution in [-0.2, 0) is 11.0 Å². The number of carbonyl (C=O) groups is 1. The fourth-order valence-electron chi connectivity index (χ4n) is 2.80. The Morgan fingerprint density at radius 2 is 2.17 bits per heavy atom. The Hall–Kier alpha value is -2.85. The second-order valence-electron chi connectivity index (χ2n) is 6.32. The van der Waals surface area contributed by atoms with Crippen LogP contribution in [0.1, 0.15) is 12.1 Å². The topological polar surface area (TPSA) is 69.0 Å². The molecular formula is C19H14ClF3N4O2S. The van der Waals surface area contributed by atoms with Crippen LogP contribution in [0.5, 0.6) is 5.88 Å². The van der Waals surface area contributed by atoms with Crippen LogP contribution in [0.2, 0.25) is 0 Å². The standard InChI is InChI=1S/C19H14ClF3N4O2S/c20-11-5-1-3-7-13(11)27-17(9-15(26-27)19(21,22)23)29-10-16(28)25-18-24-12-6-2-4-8-14(12)30-18/h1-4,6-9,11H,5,10H2,(H,24,25,28). The summed E-state index contributed by atoms with van der Waals surface area (Å²) in [6, 6.07) is 8.10. The predicted molar refractivity (Wildman–Crippen MR) is 109 cm³/mol. The summed E-state index contributed by atoms with van der Waals surface area (Å²) in [6.45, 7) is -0.519. The minimum Gasteiger partial charge on any atom is -0.467 e. The van der Waals surface area contributed by atoms with Gasteiger partial charge in [0.1, 0.15) is 0 Å². The van der Waals surface area contributed by atoms with E-state index in [9.17, 15) is 18.0 Å². The number of nitrogens with zero attached hydrogens (tertiary/aromatic N) is 3. The van der Waals surface area contributed by atoms with E-state index in [4.69, 9.17) is 16.3 Å². The first kappa shape index (κ1) is 20.4. The number of halogens is 4. The van der Waals surface area contributed by atoms with Gasteiger partial charge in [-0.05, 0) is 24.6 Å². The SMILES string of the molecule is O=C(COc1cc(C(F)(F)F)nn1C1=CC=CCC1Cl)Nc1nc2ccccc2s1. The number of aromatic nitrogens is 3. The minimum atomic E-state index is -4.67. The van der Waals surface area contributed by atoms with Crippen LogP contribution >= 0.6 is 22.9 Å². The Balaban J connectivity index is 1.51. The summed E-state index contributed by atoms with van der Waals surface area (Å²) in [5.41, 5.74) is -0.0725. The van der Waals surface area contributed by atoms with Crippen molar-refractivity contribution in [1.29, 1.82) is 0 Å². The van der Waals surface area contributed by atoms with Crippen molar-refractivity contribution in [2.24, 2.45) is 0 Å². The normalized spacial score (nSPS) is 16.5. The van der Waals surface area contributed by atoms with E-state index in [2.05, 4.69) is 15.4 Å². The van der Waals surface area contributed by atoms with Crippen molar-refractivity contribution in [2.75, 3.05) is 11.9 Å². The van der Waals surface area contributed by atoms with E-state index in [1.165, 1.54) is 11.3 Å². The Kier molecular flexibility index (Phi) is 5.52. The van der Waals surface area contributed by atoms with E-state index in [0.717, 1.165) is 21.0 Å². The number of ether oxygens (including phenoxy) is 1. The Morgan fingerprint density at radius 3 is 2.90 bits per heavy atom. The molecule has 1 aromatic carbocycles. The van der Waals surface area contributed by atoms with Crippen molar-refractivity contribution in [2.45, 2.75) is 18.0 Å². The number of benzene rings is 1. The first-order chi connectivity index (χ1) is 14.3. The molecule has 0 spiro atoms. The molecule has 0 bridgehead atoms. The van der Waals surface area contributed by atoms with Gasteiger partial charge >= 0.3 is 6.18 Å². The predicted octanol–water partition coefficient (Wildman–Crippen LogP) is 4.94. The largest absolute Gasteiger partial charge is 0.467 e. The van der Waals surface area contributed by atoms with Crippen LogP contribution in [0, 0.1) is 0 Å². The molecule has 1 N–H and O–H groups in total. The van der Waals surface area contributed by atoms with Crippen LogP contribution in [0.25, 0.3) is 15.9 Å². The van der Waals surface area contributed by atoms with Crippen molar-refractivity contribution >= 4 is 49.9 Å². The van der Waals surface area contributed by atoms with Crippen LogP contribution in [0.3, 0.4) is 0 Å². The average Bonchev–Trinajstić information content (AvgIpc) is 3.30. The van der Waals surface area contributed by atoms with Gasteiger partial charge in [0, 0.05) is 6.07 Å². The van der Waals surface area contributed by atoms with Crippen molar-refractivity contribution in [3.05, 3.63) is 54.3 Å². The summed E-state index contributed by atoms with van der Waals surface area (Å²) in [4.78, 5) is 16.5. The molecule has 0 aliphatic heterocycles. The molecule has 0 fully saturated rings. The molecule has 3 aromatic rings. The molecule has 156 valence electrons. The van der Waals surface area contributed by atoms with Gasteiger partial charge in [0.2, 0.25) is 5.88 Å². The third kappa shape index (κ3) is 4.34. The van der Waals surface area contributed by atoms with Gasteiger partial charge in [0.25, 0.3) is 5.91 Å². The molecule has 0 saturated heterocycles. The number of anilines is 1. The highest BCUT2D eigenvalue weighted by Gasteiger charge is 2.36. The number of fused-ring (bicyclic) bond motifs is 1. The van der Waals surface area contributed by atoms with Crippen LogP contribution in [0.15, 0.2) is 48.6 Å². The number of nitrogens with one attached hydrogen (secondary N) is 1. The zero-order valence-corrected chi connectivity index (χ0v) is 16.8. The maximum absolute atomic E-state index is 13.1. The highest BCUT2D eigenvalue weighted by Crippen LogP contribution is 2.34. The van der Waals surface area contributed by atoms with E-state index in [0.29, 0.717) is 17.2 Å². The lowest BCUT2D eigenvalue weighted by molar-refractivity contribution is -0.141. The summed E-state index contributed by atoms with van der Waals surface area (Å²) in [5.74, 6) is -0.788. The molecule has 1 amide bonds. The van der Waals surface area contributed by atoms with E-state index in [-0.39, 0.29) is 5.88 Å². The van der Waals surface area contributed by atoms with Crippen LogP contribution < -0.4 is 10.1 Å². The van der Waals surface area contributed by atoms with Crippen molar-refractivity contribution in [3.8, 4) is 5.88 Å². The fourth-order valence-corrected chi connectivity index (χ4v) is 3.95. The Labute approximate surface area is 177 Å². The van der Waals surface area contributed by atoms with Gasteiger partial charge in [-0.2, -0.15) is 18.3 Å². The molecular weight excluding hydrogens is 441 g/mol. The Morgan fingerprint density at radius 1 is 1.37 bits per heavy atom. The van der Waals surface area contributed by atoms with Gasteiger partial charge in [-0.25, -0.2) is 9.67 Å². The molecule has 6 nitrogen and oxygen atoms in total. The summed E-state index contributed by atoms with van der Waals surface area (Å²) < 4.78 is 46.7. The number of para-hydroxylation sites is 1. The number of alkyl halides is 4. The number of carbonyl (C=O) groups excluding carboxylic acids is 1. The third-order valence-corrected chi connectivity index (χ3v) is 5.52. The van der Waals surface area contributed by atoms with Crippen molar-refractivity contribution < 1.29 is 22.7 Å². The van der Waals surface area contributed by atoms with Crippen molar-refractivity contribution in [1.82, 2.24) is 14.8 Å². The highest BCUT2D eigenvalue weighted by atomic mass is 35.5. The van der Waals surface area contributed by atoms with E-state index in [1.54, 1.807) is 18.2 Å². The van der Waals surface area contributed by atoms with Crippen LogP contribution in [-0.4, -0.2) is 32.7 Å². The lowest BCUT2D eigenvalue weighted by Gasteiger charge is -2.17. The quantitative estimate of drug-likeness (QED) is 0.554. The monoisotopic (exact) mass is 454 g/mol. The van der Waals surface area contributed by atoms with Crippen molar-refractivity contribution in [3.63, 3.8) is 0 Å². The summed E-state index contributed by atoms with van der Waals surface area (Å²) >= 11 is 7.50. The maximum atomic E-state index is 13.1. The summed E-state index contributed by atoms with van der Waals surface area (Å²) in [7, 11) is 0. The van der Waals surface area contributed by atoms with Crippen LogP contribution in [0.4, 0.5) is 18.3 Å². The Bertz CT molecular complexity index is 1120. The van der Waals surface area contributed by atoms with Gasteiger partial charge < -0.3 is 4.74 Å². The van der Waals surface area contributed by atoms with Gasteiger partial charge in [-0.1, -0.05) is 35.6 Å². The molecule has 1 unspecified atom stereocenters. The maximum Gasteiger partial charge on any atom is 0.435 e. The molecule has 0 saturated carbocycles. The second-order valence-corrected chi connectivity index (χ2v) is 7.88. The molecule has 1 aliphatic carbocycles. The fraction of sp³-hybridized carbons (Fsp3) is 0.211. The molecule has 2 aromatic heterocycles. The lowest BCUT2D eigenvalue weighted by Crippen LogP contribution is -2.22. The highest BCUT2D eigenvalue weighted by molar-refractivity contribution is 7.22. The number of allylic oxidation sites excluding steroid dienone is 4. The molecule has 2 heterocycles. The number of rotatable bonds is 5. The molecule has 1 atom stereocenters. The molecule has 1 aliphatic rings. The zero-order chi connectivity index (χ0) is 21.3. The first-order valence-corrected chi connectivity index (χ1v) is 10.0. The smallest absolute Gasteiger partial charge is 0.435 e. The van der Waals surface area contributed by atoms with Gasteiger partial charge in [0.05, 0.1) is 21.3 Å². The second kappa shape index (κ2) is 8.11. The van der Waals surface area contributed by atoms with Gasteiger partial charge in [-0.15, -0.1) is 11.6 Å². The number of amides is 1. The third-order valence-electron chi connectivity index (χ3n) is 4.17. The van der Waals surface area contributed by atoms with Gasteiger partial charge in [0.15, 0.2) is 17.4 Å². The van der Waals surface area contributed by atoms with Gasteiger partial charge in [-0.3, -0.25) is 10.1 Å². The van der Waals surface area contributed by atoms with E-state index in [1.807, 2.05) is 24.3 Å². The molecule has 4 rings (SSSR count). The zero-order valence-electron chi connectivity index (χ0n) is 15.2. The summed E-state index contributed by atoms with van der Waals surface area (Å²) in [5, 5.41) is 5.97. The minimum absolute atomic E-state index is 0.228. The molecule has 0 radical (unpaired) electrons. The summed E-state index contributed by atoms with van der Waals surface area (Å²) in [6.07, 6.45) is 0.794. The number of hydrogen-bond donors (Lipinski definition) is 1. The lowest BCUT2D eigenvalue weighted by atomic mass is 10.1. The number of thiazole rings is 1. The number of hydrogen-bond acceptors (Lipinski definition) is 5. The van der Waals surface area contributed by atoms with E-state index >= 15 is 0 Å². The van der Waals surface area contributed by atoms with E-state index < -0.39 is 29.8 Å².